The van der Waals surface area contributed by atoms with Gasteiger partial charge in [0.1, 0.15) is 5.82 Å². The fraction of sp³-hybridized carbons (Fsp3) is 0.120. The Morgan fingerprint density at radius 3 is 2.67 bits per heavy atom. The average molecular weight is 459 g/mol. The van der Waals surface area contributed by atoms with Gasteiger partial charge in [0.05, 0.1) is 5.69 Å². The van der Waals surface area contributed by atoms with E-state index in [1.807, 2.05) is 25.1 Å². The van der Waals surface area contributed by atoms with Crippen LogP contribution in [0, 0.1) is 12.7 Å². The third-order valence-electron chi connectivity index (χ3n) is 5.52. The predicted octanol–water partition coefficient (Wildman–Crippen LogP) is 5.11. The lowest BCUT2D eigenvalue weighted by Crippen LogP contribution is -2.28. The molecule has 0 saturated heterocycles. The Kier molecular flexibility index (Phi) is 5.43. The van der Waals surface area contributed by atoms with Gasteiger partial charge < -0.3 is 4.90 Å². The van der Waals surface area contributed by atoms with Gasteiger partial charge in [-0.3, -0.25) is 19.9 Å². The van der Waals surface area contributed by atoms with Crippen LogP contribution in [-0.2, 0) is 6.42 Å². The van der Waals surface area contributed by atoms with Crippen molar-refractivity contribution in [2.45, 2.75) is 13.3 Å². The first kappa shape index (κ1) is 21.0. The summed E-state index contributed by atoms with van der Waals surface area (Å²) in [5, 5.41) is 3.36. The normalized spacial score (nSPS) is 12.5. The number of aromatic nitrogens is 2. The van der Waals surface area contributed by atoms with Gasteiger partial charge in [-0.05, 0) is 61.4 Å². The van der Waals surface area contributed by atoms with Gasteiger partial charge in [-0.2, -0.15) is 0 Å². The van der Waals surface area contributed by atoms with Crippen molar-refractivity contribution in [2.75, 3.05) is 16.8 Å². The Morgan fingerprint density at radius 1 is 1.06 bits per heavy atom. The zero-order valence-corrected chi connectivity index (χ0v) is 18.5. The highest BCUT2D eigenvalue weighted by molar-refractivity contribution is 7.16. The highest BCUT2D eigenvalue weighted by Crippen LogP contribution is 2.36. The van der Waals surface area contributed by atoms with E-state index in [4.69, 9.17) is 0 Å². The Balaban J connectivity index is 1.38. The third kappa shape index (κ3) is 4.12. The quantitative estimate of drug-likeness (QED) is 0.461. The van der Waals surface area contributed by atoms with Crippen LogP contribution in [0.5, 0.6) is 0 Å². The number of fused-ring (bicyclic) bond motifs is 1. The fourth-order valence-electron chi connectivity index (χ4n) is 3.93. The van der Waals surface area contributed by atoms with Crippen molar-refractivity contribution in [3.63, 3.8) is 0 Å². The summed E-state index contributed by atoms with van der Waals surface area (Å²) in [6, 6.07) is 14.9. The summed E-state index contributed by atoms with van der Waals surface area (Å²) in [5.74, 6) is -0.883. The number of nitrogens with one attached hydrogen (secondary N) is 1. The maximum absolute atomic E-state index is 13.6. The largest absolute Gasteiger partial charge is 0.308 e. The van der Waals surface area contributed by atoms with E-state index in [1.165, 1.54) is 23.5 Å². The standard InChI is InChI=1S/C25H19FN4O2S/c1-15-22(28-25(33-15)29-23(31)16-7-10-27-11-8-16)18-5-6-21-17(13-18)9-12-30(21)24(32)19-3-2-4-20(26)14-19/h2-8,10-11,13-14H,9,12H2,1H3,(H,28,29,31). The lowest BCUT2D eigenvalue weighted by molar-refractivity contribution is 0.0987. The van der Waals surface area contributed by atoms with Crippen LogP contribution < -0.4 is 10.2 Å². The summed E-state index contributed by atoms with van der Waals surface area (Å²) < 4.78 is 13.6. The van der Waals surface area contributed by atoms with Gasteiger partial charge in [-0.25, -0.2) is 9.37 Å². The number of carbonyl (C=O) groups excluding carboxylic acids is 2. The van der Waals surface area contributed by atoms with Crippen LogP contribution >= 0.6 is 11.3 Å². The van der Waals surface area contributed by atoms with E-state index >= 15 is 0 Å². The lowest BCUT2D eigenvalue weighted by Gasteiger charge is -2.17. The highest BCUT2D eigenvalue weighted by atomic mass is 32.1. The number of nitrogens with zero attached hydrogens (tertiary/aromatic N) is 3. The number of anilines is 2. The van der Waals surface area contributed by atoms with Gasteiger partial charge in [0, 0.05) is 46.2 Å². The Hall–Kier alpha value is -3.91. The van der Waals surface area contributed by atoms with Crippen molar-refractivity contribution < 1.29 is 14.0 Å². The van der Waals surface area contributed by atoms with E-state index in [2.05, 4.69) is 15.3 Å². The van der Waals surface area contributed by atoms with Crippen LogP contribution in [0.25, 0.3) is 11.3 Å². The van der Waals surface area contributed by atoms with Crippen LogP contribution in [0.15, 0.2) is 67.0 Å². The number of rotatable bonds is 4. The van der Waals surface area contributed by atoms with Gasteiger partial charge in [0.15, 0.2) is 5.13 Å². The summed E-state index contributed by atoms with van der Waals surface area (Å²) >= 11 is 1.41. The molecule has 1 N–H and O–H groups in total. The SMILES string of the molecule is Cc1sc(NC(=O)c2ccncc2)nc1-c1ccc2c(c1)CCN2C(=O)c1cccc(F)c1. The topological polar surface area (TPSA) is 75.2 Å². The minimum atomic E-state index is -0.429. The van der Waals surface area contributed by atoms with Crippen molar-refractivity contribution in [3.05, 3.63) is 94.4 Å². The van der Waals surface area contributed by atoms with Gasteiger partial charge in [-0.15, -0.1) is 11.3 Å². The van der Waals surface area contributed by atoms with Crippen molar-refractivity contribution in [1.29, 1.82) is 0 Å². The number of carbonyl (C=O) groups is 2. The number of hydrogen-bond donors (Lipinski definition) is 1. The first-order valence-corrected chi connectivity index (χ1v) is 11.2. The fourth-order valence-corrected chi connectivity index (χ4v) is 4.76. The Labute approximate surface area is 193 Å². The Bertz CT molecular complexity index is 1370. The second-order valence-electron chi connectivity index (χ2n) is 7.67. The molecule has 2 aromatic carbocycles. The van der Waals surface area contributed by atoms with E-state index in [0.29, 0.717) is 29.2 Å². The molecule has 6 nitrogen and oxygen atoms in total. The van der Waals surface area contributed by atoms with E-state index in [-0.39, 0.29) is 11.8 Å². The number of aryl methyl sites for hydroxylation is 1. The molecule has 0 unspecified atom stereocenters. The molecule has 0 atom stereocenters. The first-order valence-electron chi connectivity index (χ1n) is 10.4. The van der Waals surface area contributed by atoms with Crippen LogP contribution in [0.4, 0.5) is 15.2 Å². The monoisotopic (exact) mass is 458 g/mol. The molecule has 164 valence electrons. The first-order chi connectivity index (χ1) is 16.0. The van der Waals surface area contributed by atoms with Gasteiger partial charge in [0.25, 0.3) is 11.8 Å². The van der Waals surface area contributed by atoms with Gasteiger partial charge in [-0.1, -0.05) is 12.1 Å². The van der Waals surface area contributed by atoms with Gasteiger partial charge >= 0.3 is 0 Å². The van der Waals surface area contributed by atoms with Crippen molar-refractivity contribution in [3.8, 4) is 11.3 Å². The molecule has 8 heteroatoms. The van der Waals surface area contributed by atoms with Crippen LogP contribution in [0.1, 0.15) is 31.2 Å². The van der Waals surface area contributed by atoms with Crippen LogP contribution in [-0.4, -0.2) is 28.3 Å². The summed E-state index contributed by atoms with van der Waals surface area (Å²) in [6.45, 7) is 2.50. The molecule has 3 heterocycles. The summed E-state index contributed by atoms with van der Waals surface area (Å²) in [5.41, 5.74) is 4.42. The molecule has 1 aliphatic rings. The molecule has 5 rings (SSSR count). The Morgan fingerprint density at radius 2 is 1.88 bits per heavy atom. The molecule has 1 aliphatic heterocycles. The zero-order valence-electron chi connectivity index (χ0n) is 17.7. The smallest absolute Gasteiger partial charge is 0.258 e. The molecule has 0 spiro atoms. The van der Waals surface area contributed by atoms with E-state index in [1.54, 1.807) is 41.6 Å². The second kappa shape index (κ2) is 8.55. The van der Waals surface area contributed by atoms with Crippen LogP contribution in [0.2, 0.25) is 0 Å². The summed E-state index contributed by atoms with van der Waals surface area (Å²) in [4.78, 5) is 36.5. The molecule has 0 bridgehead atoms. The molecular formula is C25H19FN4O2S. The van der Waals surface area contributed by atoms with E-state index in [0.717, 1.165) is 27.4 Å². The predicted molar refractivity (Wildman–Crippen MR) is 126 cm³/mol. The molecule has 0 aliphatic carbocycles. The minimum Gasteiger partial charge on any atom is -0.308 e. The van der Waals surface area contributed by atoms with Gasteiger partial charge in [0.2, 0.25) is 0 Å². The van der Waals surface area contributed by atoms with Crippen molar-refractivity contribution >= 4 is 34.0 Å². The second-order valence-corrected chi connectivity index (χ2v) is 8.88. The molecule has 33 heavy (non-hydrogen) atoms. The molecule has 4 aromatic rings. The highest BCUT2D eigenvalue weighted by Gasteiger charge is 2.26. The number of pyridine rings is 1. The number of thiazole rings is 1. The number of halogens is 1. The van der Waals surface area contributed by atoms with Crippen molar-refractivity contribution in [2.24, 2.45) is 0 Å². The average Bonchev–Trinajstić information content (AvgIpc) is 3.41. The molecule has 2 amide bonds. The molecular weight excluding hydrogens is 439 g/mol. The minimum absolute atomic E-state index is 0.216. The third-order valence-corrected chi connectivity index (χ3v) is 6.41. The molecule has 0 saturated carbocycles. The number of amides is 2. The maximum atomic E-state index is 13.6. The van der Waals surface area contributed by atoms with E-state index in [9.17, 15) is 14.0 Å². The number of hydrogen-bond acceptors (Lipinski definition) is 5. The van der Waals surface area contributed by atoms with Crippen LogP contribution in [0.3, 0.4) is 0 Å². The molecule has 0 radical (unpaired) electrons. The van der Waals surface area contributed by atoms with E-state index < -0.39 is 5.82 Å². The maximum Gasteiger partial charge on any atom is 0.258 e. The summed E-state index contributed by atoms with van der Waals surface area (Å²) in [6.07, 6.45) is 3.85. The number of benzene rings is 2. The lowest BCUT2D eigenvalue weighted by atomic mass is 10.1. The summed E-state index contributed by atoms with van der Waals surface area (Å²) in [7, 11) is 0. The van der Waals surface area contributed by atoms with Crippen molar-refractivity contribution in [1.82, 2.24) is 9.97 Å². The molecule has 2 aromatic heterocycles. The zero-order chi connectivity index (χ0) is 22.9. The molecule has 0 fully saturated rings.